The van der Waals surface area contributed by atoms with Crippen molar-refractivity contribution in [2.75, 3.05) is 11.9 Å². The average Bonchev–Trinajstić information content (AvgIpc) is 3.05. The van der Waals surface area contributed by atoms with E-state index in [2.05, 4.69) is 19.9 Å². The van der Waals surface area contributed by atoms with Crippen molar-refractivity contribution in [1.82, 2.24) is 0 Å². The van der Waals surface area contributed by atoms with Crippen LogP contribution in [0.5, 0.6) is 0 Å². The molecule has 0 unspecified atom stereocenters. The molecule has 0 fully saturated rings. The molecule has 0 aliphatic carbocycles. The number of carbonyl (C=O) groups is 1. The van der Waals surface area contributed by atoms with Crippen LogP contribution >= 0.6 is 0 Å². The van der Waals surface area contributed by atoms with Crippen LogP contribution in [0.2, 0.25) is 0 Å². The summed E-state index contributed by atoms with van der Waals surface area (Å²) >= 11 is 0. The molecule has 150 valence electrons. The van der Waals surface area contributed by atoms with E-state index in [1.54, 1.807) is 18.2 Å². The molecule has 5 nitrogen and oxygen atoms in total. The molecule has 0 saturated heterocycles. The fourth-order valence-corrected chi connectivity index (χ4v) is 5.86. The Kier molecular flexibility index (Phi) is 4.52. The topological polar surface area (TPSA) is 78.2 Å². The van der Waals surface area contributed by atoms with Crippen molar-refractivity contribution in [3.63, 3.8) is 0 Å². The maximum atomic E-state index is 12.7. The lowest BCUT2D eigenvalue weighted by atomic mass is 9.82. The number of para-hydroxylation sites is 1. The molecule has 2 heterocycles. The Bertz CT molecular complexity index is 1320. The zero-order chi connectivity index (χ0) is 21.7. The zero-order valence-electron chi connectivity index (χ0n) is 16.9. The second-order valence-electron chi connectivity index (χ2n) is 7.79. The van der Waals surface area contributed by atoms with Gasteiger partial charge in [0.15, 0.2) is 0 Å². The summed E-state index contributed by atoms with van der Waals surface area (Å²) in [6.07, 6.45) is 4.32. The molecule has 30 heavy (non-hydrogen) atoms. The highest BCUT2D eigenvalue weighted by molar-refractivity contribution is 7.97. The second kappa shape index (κ2) is 6.82. The van der Waals surface area contributed by atoms with Gasteiger partial charge in [0.2, 0.25) is 15.6 Å². The summed E-state index contributed by atoms with van der Waals surface area (Å²) < 4.78 is 25.4. The van der Waals surface area contributed by atoms with Crippen LogP contribution in [0.1, 0.15) is 29.8 Å². The van der Waals surface area contributed by atoms with Gasteiger partial charge in [-0.1, -0.05) is 50.3 Å². The summed E-state index contributed by atoms with van der Waals surface area (Å²) in [5.41, 5.74) is 3.18. The number of ketones is 1. The smallest absolute Gasteiger partial charge is 0.211 e. The molecule has 0 amide bonds. The first-order chi connectivity index (χ1) is 14.2. The monoisotopic (exact) mass is 416 g/mol. The molecule has 0 N–H and O–H groups in total. The lowest BCUT2D eigenvalue weighted by Gasteiger charge is -2.25. The van der Waals surface area contributed by atoms with Crippen molar-refractivity contribution in [2.24, 2.45) is 0 Å². The van der Waals surface area contributed by atoms with Crippen LogP contribution in [0.4, 0.5) is 5.69 Å². The molecule has 2 aliphatic heterocycles. The number of hydrogen-bond acceptors (Lipinski definition) is 5. The number of hydrogen-bond donors (Lipinski definition) is 0. The van der Waals surface area contributed by atoms with Crippen molar-refractivity contribution in [3.05, 3.63) is 94.1 Å². The van der Waals surface area contributed by atoms with Gasteiger partial charge in [-0.2, -0.15) is 5.26 Å². The number of likely N-dealkylation sites (N-methyl/N-ethyl adjacent to an activating group) is 1. The summed E-state index contributed by atoms with van der Waals surface area (Å²) in [6.45, 7) is 4.10. The minimum absolute atomic E-state index is 0.0284. The first-order valence-corrected chi connectivity index (χ1v) is 10.9. The van der Waals surface area contributed by atoms with Gasteiger partial charge in [-0.25, -0.2) is 8.42 Å². The molecule has 0 atom stereocenters. The maximum Gasteiger partial charge on any atom is 0.211 e. The fourth-order valence-electron chi connectivity index (χ4n) is 4.31. The molecule has 4 rings (SSSR count). The van der Waals surface area contributed by atoms with E-state index in [1.807, 2.05) is 36.2 Å². The van der Waals surface area contributed by atoms with Crippen molar-refractivity contribution in [2.45, 2.75) is 24.2 Å². The molecule has 2 aromatic carbocycles. The Labute approximate surface area is 176 Å². The highest BCUT2D eigenvalue weighted by Gasteiger charge is 2.40. The fraction of sp³-hybridized carbons (Fsp3) is 0.167. The highest BCUT2D eigenvalue weighted by atomic mass is 32.2. The largest absolute Gasteiger partial charge is 0.346 e. The highest BCUT2D eigenvalue weighted by Crippen LogP contribution is 2.48. The van der Waals surface area contributed by atoms with Gasteiger partial charge < -0.3 is 4.90 Å². The van der Waals surface area contributed by atoms with Crippen LogP contribution < -0.4 is 4.90 Å². The summed E-state index contributed by atoms with van der Waals surface area (Å²) in [7, 11) is -1.93. The Balaban J connectivity index is 1.76. The van der Waals surface area contributed by atoms with E-state index in [9.17, 15) is 18.5 Å². The van der Waals surface area contributed by atoms with Gasteiger partial charge in [0.05, 0.1) is 10.5 Å². The molecular weight excluding hydrogens is 396 g/mol. The standard InChI is InChI=1S/C24H20N2O3S/c1-24(2)18-11-5-6-12-19(18)26(3)23(24)16(15-25)9-8-14-21-22(27)17-10-4-7-13-20(17)30(21,28)29/h4-14H,1-3H3/b9-8+,21-14-,23-16-. The third kappa shape index (κ3) is 2.74. The van der Waals surface area contributed by atoms with E-state index < -0.39 is 15.6 Å². The SMILES string of the molecule is CN1/C(=C(C#N)/C=C/C=C2/C(=O)c3ccccc3S2(=O)=O)C(C)(C)c2ccccc21. The second-order valence-corrected chi connectivity index (χ2v) is 9.68. The van der Waals surface area contributed by atoms with E-state index in [4.69, 9.17) is 0 Å². The van der Waals surface area contributed by atoms with Crippen LogP contribution in [-0.4, -0.2) is 21.2 Å². The van der Waals surface area contributed by atoms with Crippen molar-refractivity contribution in [3.8, 4) is 6.07 Å². The van der Waals surface area contributed by atoms with Gasteiger partial charge in [-0.15, -0.1) is 0 Å². The molecule has 2 aromatic rings. The number of rotatable bonds is 2. The van der Waals surface area contributed by atoms with Crippen molar-refractivity contribution in [1.29, 1.82) is 5.26 Å². The number of nitriles is 1. The quantitative estimate of drug-likeness (QED) is 0.539. The molecule has 0 bridgehead atoms. The molecule has 0 saturated carbocycles. The lowest BCUT2D eigenvalue weighted by Crippen LogP contribution is -2.24. The van der Waals surface area contributed by atoms with Gasteiger partial charge in [-0.3, -0.25) is 4.79 Å². The van der Waals surface area contributed by atoms with Gasteiger partial charge in [0.25, 0.3) is 0 Å². The summed E-state index contributed by atoms with van der Waals surface area (Å²) in [4.78, 5) is 14.3. The molecular formula is C24H20N2O3S. The van der Waals surface area contributed by atoms with E-state index in [1.165, 1.54) is 24.3 Å². The third-order valence-electron chi connectivity index (χ3n) is 5.69. The summed E-state index contributed by atoms with van der Waals surface area (Å²) in [6, 6.07) is 16.4. The van der Waals surface area contributed by atoms with Gasteiger partial charge in [0, 0.05) is 29.4 Å². The Morgan fingerprint density at radius 3 is 2.43 bits per heavy atom. The first kappa shape index (κ1) is 19.9. The number of carbonyl (C=O) groups excluding carboxylic acids is 1. The number of anilines is 1. The van der Waals surface area contributed by atoms with E-state index in [0.717, 1.165) is 16.9 Å². The predicted molar refractivity (Wildman–Crippen MR) is 116 cm³/mol. The number of fused-ring (bicyclic) bond motifs is 2. The van der Waals surface area contributed by atoms with Crippen molar-refractivity contribution < 1.29 is 13.2 Å². The van der Waals surface area contributed by atoms with Crippen LogP contribution in [0.25, 0.3) is 0 Å². The van der Waals surface area contributed by atoms with Gasteiger partial charge in [-0.05, 0) is 35.9 Å². The molecule has 6 heteroatoms. The van der Waals surface area contributed by atoms with Crippen LogP contribution in [0.15, 0.2) is 87.8 Å². The number of benzene rings is 2. The number of Topliss-reactive ketones (excluding diaryl/α,β-unsaturated/α-hetero) is 1. The number of allylic oxidation sites excluding steroid dienone is 6. The predicted octanol–water partition coefficient (Wildman–Crippen LogP) is 4.30. The van der Waals surface area contributed by atoms with Crippen LogP contribution in [0, 0.1) is 11.3 Å². The van der Waals surface area contributed by atoms with Gasteiger partial charge >= 0.3 is 0 Å². The zero-order valence-corrected chi connectivity index (χ0v) is 17.7. The van der Waals surface area contributed by atoms with E-state index in [-0.39, 0.29) is 20.8 Å². The third-order valence-corrected chi connectivity index (χ3v) is 7.52. The van der Waals surface area contributed by atoms with Crippen molar-refractivity contribution >= 4 is 21.3 Å². The lowest BCUT2D eigenvalue weighted by molar-refractivity contribution is 0.104. The van der Waals surface area contributed by atoms with Gasteiger partial charge in [0.1, 0.15) is 11.0 Å². The van der Waals surface area contributed by atoms with Crippen LogP contribution in [-0.2, 0) is 15.3 Å². The number of nitrogens with zero attached hydrogens (tertiary/aromatic N) is 2. The Morgan fingerprint density at radius 1 is 1.10 bits per heavy atom. The molecule has 0 radical (unpaired) electrons. The van der Waals surface area contributed by atoms with Crippen LogP contribution in [0.3, 0.4) is 0 Å². The first-order valence-electron chi connectivity index (χ1n) is 9.46. The Morgan fingerprint density at radius 2 is 1.77 bits per heavy atom. The summed E-state index contributed by atoms with van der Waals surface area (Å²) in [5.74, 6) is -0.521. The summed E-state index contributed by atoms with van der Waals surface area (Å²) in [5, 5.41) is 9.81. The minimum atomic E-state index is -3.85. The molecule has 0 spiro atoms. The molecule has 2 aliphatic rings. The maximum absolute atomic E-state index is 12.7. The van der Waals surface area contributed by atoms with E-state index >= 15 is 0 Å². The number of sulfone groups is 1. The minimum Gasteiger partial charge on any atom is -0.346 e. The van der Waals surface area contributed by atoms with E-state index in [0.29, 0.717) is 5.57 Å². The molecule has 0 aromatic heterocycles. The average molecular weight is 417 g/mol. The normalized spacial score (nSPS) is 21.6. The Hall–Kier alpha value is -3.43.